The standard InChI is InChI=1S/C13H20O2.C12H20.C4H10.2C2H6/c1-11-4-6-12(7-5-11)13(2,3)10-15-9-8-14;1-9(2)6-11-8-12(4,5)7-10(11)3;1-3-4-2;2*1-2/h4-7,14H,8-10H2,1-3H3;6H,7-8H2,1-5H3;3-4H2,1-2H3;2*1-2H3. The summed E-state index contributed by atoms with van der Waals surface area (Å²) in [6.07, 6.45) is 7.50. The Morgan fingerprint density at radius 1 is 0.943 bits per heavy atom. The molecule has 1 aromatic carbocycles. The molecule has 0 heterocycles. The van der Waals surface area contributed by atoms with Crippen molar-refractivity contribution in [2.75, 3.05) is 19.8 Å². The van der Waals surface area contributed by atoms with Crippen LogP contribution in [-0.4, -0.2) is 24.9 Å². The molecule has 1 aromatic rings. The van der Waals surface area contributed by atoms with Crippen LogP contribution in [0.4, 0.5) is 0 Å². The van der Waals surface area contributed by atoms with Crippen LogP contribution in [0.15, 0.2) is 47.1 Å². The molecule has 0 bridgehead atoms. The second-order valence-electron chi connectivity index (χ2n) is 10.6. The first-order chi connectivity index (χ1) is 16.4. The highest BCUT2D eigenvalue weighted by molar-refractivity contribution is 5.33. The number of ether oxygens (including phenoxy) is 1. The molecule has 1 N–H and O–H groups in total. The summed E-state index contributed by atoms with van der Waals surface area (Å²) in [4.78, 5) is 0. The van der Waals surface area contributed by atoms with Crippen molar-refractivity contribution >= 4 is 0 Å². The van der Waals surface area contributed by atoms with Gasteiger partial charge in [-0.25, -0.2) is 0 Å². The molecule has 0 saturated carbocycles. The molecule has 0 amide bonds. The minimum absolute atomic E-state index is 0.00285. The fraction of sp³-hybridized carbons (Fsp3) is 0.697. The number of aryl methyl sites for hydroxylation is 1. The summed E-state index contributed by atoms with van der Waals surface area (Å²) in [6, 6.07) is 8.50. The van der Waals surface area contributed by atoms with E-state index < -0.39 is 0 Å². The maximum absolute atomic E-state index is 8.65. The topological polar surface area (TPSA) is 29.5 Å². The lowest BCUT2D eigenvalue weighted by Gasteiger charge is -2.25. The minimum Gasteiger partial charge on any atom is -0.394 e. The van der Waals surface area contributed by atoms with Gasteiger partial charge in [-0.3, -0.25) is 0 Å². The number of aliphatic hydroxyl groups excluding tert-OH is 1. The molecular weight excluding hydrogens is 428 g/mol. The van der Waals surface area contributed by atoms with Crippen molar-refractivity contribution in [3.63, 3.8) is 0 Å². The van der Waals surface area contributed by atoms with Crippen LogP contribution in [0.2, 0.25) is 0 Å². The zero-order valence-electron chi connectivity index (χ0n) is 26.2. The van der Waals surface area contributed by atoms with Gasteiger partial charge in [0.15, 0.2) is 0 Å². The number of aliphatic hydroxyl groups is 1. The average Bonchev–Trinajstić information content (AvgIpc) is 3.07. The van der Waals surface area contributed by atoms with Crippen LogP contribution >= 0.6 is 0 Å². The van der Waals surface area contributed by atoms with Crippen molar-refractivity contribution in [1.82, 2.24) is 0 Å². The third-order valence-corrected chi connectivity index (χ3v) is 5.46. The van der Waals surface area contributed by atoms with Crippen LogP contribution in [0, 0.1) is 12.3 Å². The van der Waals surface area contributed by atoms with Crippen molar-refractivity contribution in [1.29, 1.82) is 0 Å². The Balaban J connectivity index is -0.000000457. The average molecular weight is 491 g/mol. The van der Waals surface area contributed by atoms with Gasteiger partial charge in [0, 0.05) is 5.41 Å². The molecule has 1 aliphatic rings. The smallest absolute Gasteiger partial charge is 0.0698 e. The Kier molecular flexibility index (Phi) is 23.8. The van der Waals surface area contributed by atoms with Crippen molar-refractivity contribution in [2.24, 2.45) is 5.41 Å². The Hall–Kier alpha value is -1.38. The monoisotopic (exact) mass is 490 g/mol. The van der Waals surface area contributed by atoms with E-state index in [-0.39, 0.29) is 12.0 Å². The van der Waals surface area contributed by atoms with Gasteiger partial charge in [0.1, 0.15) is 0 Å². The molecule has 0 aromatic heterocycles. The molecule has 206 valence electrons. The van der Waals surface area contributed by atoms with Crippen molar-refractivity contribution in [2.45, 2.75) is 128 Å². The number of allylic oxidation sites excluding steroid dienone is 4. The van der Waals surface area contributed by atoms with E-state index >= 15 is 0 Å². The molecule has 35 heavy (non-hydrogen) atoms. The first-order valence-electron chi connectivity index (χ1n) is 14.0. The number of hydrogen-bond donors (Lipinski definition) is 1. The van der Waals surface area contributed by atoms with E-state index in [9.17, 15) is 0 Å². The van der Waals surface area contributed by atoms with Gasteiger partial charge < -0.3 is 9.84 Å². The molecule has 2 nitrogen and oxygen atoms in total. The van der Waals surface area contributed by atoms with Gasteiger partial charge in [0.05, 0.1) is 19.8 Å². The fourth-order valence-corrected chi connectivity index (χ4v) is 3.56. The molecule has 2 heteroatoms. The van der Waals surface area contributed by atoms with E-state index in [0.29, 0.717) is 18.6 Å². The lowest BCUT2D eigenvalue weighted by atomic mass is 9.85. The SMILES string of the molecule is CC.CC.CC(C)=CC1=C(C)CC(C)(C)C1.CCCC.Cc1ccc(C(C)(C)COCCO)cc1. The highest BCUT2D eigenvalue weighted by atomic mass is 16.5. The lowest BCUT2D eigenvalue weighted by Crippen LogP contribution is -2.25. The van der Waals surface area contributed by atoms with E-state index in [2.05, 4.69) is 99.6 Å². The van der Waals surface area contributed by atoms with Gasteiger partial charge >= 0.3 is 0 Å². The van der Waals surface area contributed by atoms with Gasteiger partial charge in [-0.05, 0) is 57.1 Å². The quantitative estimate of drug-likeness (QED) is 0.385. The highest BCUT2D eigenvalue weighted by Crippen LogP contribution is 2.41. The molecule has 0 fully saturated rings. The Labute approximate surface area is 221 Å². The second kappa shape index (κ2) is 21.9. The molecule has 1 aliphatic carbocycles. The largest absolute Gasteiger partial charge is 0.394 e. The minimum atomic E-state index is 0.00285. The van der Waals surface area contributed by atoms with E-state index in [4.69, 9.17) is 9.84 Å². The van der Waals surface area contributed by atoms with E-state index in [1.54, 1.807) is 11.1 Å². The van der Waals surface area contributed by atoms with E-state index in [1.807, 2.05) is 27.7 Å². The molecule has 0 spiro atoms. The number of rotatable bonds is 7. The molecule has 2 rings (SSSR count). The molecule has 0 aliphatic heterocycles. The summed E-state index contributed by atoms with van der Waals surface area (Å²) in [6.45, 7) is 31.2. The summed E-state index contributed by atoms with van der Waals surface area (Å²) < 4.78 is 5.38. The zero-order valence-corrected chi connectivity index (χ0v) is 26.2. The number of benzene rings is 1. The van der Waals surface area contributed by atoms with Gasteiger partial charge in [-0.1, -0.05) is 129 Å². The maximum Gasteiger partial charge on any atom is 0.0698 e. The van der Waals surface area contributed by atoms with Crippen LogP contribution in [0.25, 0.3) is 0 Å². The number of unbranched alkanes of at least 4 members (excludes halogenated alkanes) is 1. The third kappa shape index (κ3) is 19.5. The maximum atomic E-state index is 8.65. The third-order valence-electron chi connectivity index (χ3n) is 5.46. The highest BCUT2D eigenvalue weighted by Gasteiger charge is 2.27. The molecule has 0 unspecified atom stereocenters. The van der Waals surface area contributed by atoms with Crippen molar-refractivity contribution in [3.8, 4) is 0 Å². The predicted octanol–water partition coefficient (Wildman–Crippen LogP) is 10.2. The van der Waals surface area contributed by atoms with Gasteiger partial charge in [-0.2, -0.15) is 0 Å². The van der Waals surface area contributed by atoms with Crippen molar-refractivity contribution in [3.05, 3.63) is 58.2 Å². The Morgan fingerprint density at radius 3 is 1.77 bits per heavy atom. The van der Waals surface area contributed by atoms with Crippen LogP contribution in [-0.2, 0) is 10.2 Å². The first kappa shape index (κ1) is 38.2. The summed E-state index contributed by atoms with van der Waals surface area (Å²) in [5, 5.41) is 8.65. The zero-order chi connectivity index (χ0) is 28.1. The fourth-order valence-electron chi connectivity index (χ4n) is 3.56. The summed E-state index contributed by atoms with van der Waals surface area (Å²) in [5.41, 5.74) is 7.62. The summed E-state index contributed by atoms with van der Waals surface area (Å²) >= 11 is 0. The number of hydrogen-bond acceptors (Lipinski definition) is 2. The molecular formula is C33H62O2. The van der Waals surface area contributed by atoms with Crippen LogP contribution < -0.4 is 0 Å². The second-order valence-corrected chi connectivity index (χ2v) is 10.6. The molecule has 0 radical (unpaired) electrons. The lowest BCUT2D eigenvalue weighted by molar-refractivity contribution is 0.0642. The van der Waals surface area contributed by atoms with Crippen LogP contribution in [0.5, 0.6) is 0 Å². The Morgan fingerprint density at radius 2 is 1.43 bits per heavy atom. The summed E-state index contributed by atoms with van der Waals surface area (Å²) in [5.74, 6) is 0. The van der Waals surface area contributed by atoms with Gasteiger partial charge in [-0.15, -0.1) is 0 Å². The van der Waals surface area contributed by atoms with Crippen LogP contribution in [0.1, 0.15) is 127 Å². The van der Waals surface area contributed by atoms with E-state index in [0.717, 1.165) is 0 Å². The molecule has 0 atom stereocenters. The van der Waals surface area contributed by atoms with Gasteiger partial charge in [0.25, 0.3) is 0 Å². The first-order valence-corrected chi connectivity index (χ1v) is 14.0. The van der Waals surface area contributed by atoms with Gasteiger partial charge in [0.2, 0.25) is 0 Å². The van der Waals surface area contributed by atoms with Crippen LogP contribution in [0.3, 0.4) is 0 Å². The molecule has 0 saturated heterocycles. The van der Waals surface area contributed by atoms with E-state index in [1.165, 1.54) is 42.4 Å². The normalized spacial score (nSPS) is 13.6. The van der Waals surface area contributed by atoms with Crippen molar-refractivity contribution < 1.29 is 9.84 Å². The summed E-state index contributed by atoms with van der Waals surface area (Å²) in [7, 11) is 0. The predicted molar refractivity (Wildman–Crippen MR) is 161 cm³/mol. The Bertz CT molecular complexity index is 670.